The monoisotopic (exact) mass is 330 g/mol. The van der Waals surface area contributed by atoms with Gasteiger partial charge in [-0.15, -0.1) is 0 Å². The van der Waals surface area contributed by atoms with Crippen LogP contribution in [-0.2, 0) is 4.79 Å². The molecule has 0 aliphatic heterocycles. The Hall–Kier alpha value is -3.02. The molecule has 0 saturated carbocycles. The number of ether oxygens (including phenoxy) is 4. The van der Waals surface area contributed by atoms with Crippen LogP contribution in [-0.4, -0.2) is 32.6 Å². The standard InChI is InChI=1S/C18H18O6/c1-12(19)11-23-15-6-4-5-7-16(15)24-18(20)13-8-9-14(21-2)17(10-13)22-3/h4-10H,11H2,1-3H3. The molecule has 0 N–H and O–H groups in total. The van der Waals surface area contributed by atoms with Gasteiger partial charge in [-0.3, -0.25) is 4.79 Å². The summed E-state index contributed by atoms with van der Waals surface area (Å²) in [6.07, 6.45) is 0. The Morgan fingerprint density at radius 1 is 0.875 bits per heavy atom. The number of benzene rings is 2. The number of ketones is 1. The quantitative estimate of drug-likeness (QED) is 0.574. The second-order valence-corrected chi connectivity index (χ2v) is 4.90. The summed E-state index contributed by atoms with van der Waals surface area (Å²) in [5.74, 6) is 0.790. The third-order valence-electron chi connectivity index (χ3n) is 3.10. The van der Waals surface area contributed by atoms with Crippen molar-refractivity contribution in [3.63, 3.8) is 0 Å². The Morgan fingerprint density at radius 2 is 1.54 bits per heavy atom. The van der Waals surface area contributed by atoms with E-state index in [0.29, 0.717) is 22.8 Å². The molecule has 2 rings (SSSR count). The van der Waals surface area contributed by atoms with Crippen molar-refractivity contribution in [3.05, 3.63) is 48.0 Å². The van der Waals surface area contributed by atoms with Gasteiger partial charge in [-0.05, 0) is 37.3 Å². The maximum absolute atomic E-state index is 12.3. The lowest BCUT2D eigenvalue weighted by molar-refractivity contribution is -0.118. The van der Waals surface area contributed by atoms with Crippen molar-refractivity contribution in [3.8, 4) is 23.0 Å². The molecule has 0 aromatic heterocycles. The topological polar surface area (TPSA) is 71.1 Å². The number of carbonyl (C=O) groups is 2. The number of hydrogen-bond donors (Lipinski definition) is 0. The molecular weight excluding hydrogens is 312 g/mol. The molecule has 0 aliphatic carbocycles. The zero-order chi connectivity index (χ0) is 17.5. The molecule has 0 atom stereocenters. The average Bonchev–Trinajstić information content (AvgIpc) is 2.60. The summed E-state index contributed by atoms with van der Waals surface area (Å²) in [4.78, 5) is 23.4. The first-order chi connectivity index (χ1) is 11.5. The van der Waals surface area contributed by atoms with Crippen molar-refractivity contribution in [2.45, 2.75) is 6.92 Å². The Bertz CT molecular complexity index is 738. The molecule has 0 spiro atoms. The highest BCUT2D eigenvalue weighted by Gasteiger charge is 2.15. The minimum absolute atomic E-state index is 0.0923. The van der Waals surface area contributed by atoms with Gasteiger partial charge in [0.25, 0.3) is 0 Å². The van der Waals surface area contributed by atoms with Gasteiger partial charge in [0.1, 0.15) is 6.61 Å². The molecule has 0 unspecified atom stereocenters. The van der Waals surface area contributed by atoms with Crippen molar-refractivity contribution in [1.29, 1.82) is 0 Å². The lowest BCUT2D eigenvalue weighted by Gasteiger charge is -2.12. The van der Waals surface area contributed by atoms with Gasteiger partial charge in [0.05, 0.1) is 19.8 Å². The summed E-state index contributed by atoms with van der Waals surface area (Å²) in [5.41, 5.74) is 0.300. The molecule has 0 saturated heterocycles. The predicted molar refractivity (Wildman–Crippen MR) is 87.1 cm³/mol. The van der Waals surface area contributed by atoms with Crippen LogP contribution in [0.5, 0.6) is 23.0 Å². The highest BCUT2D eigenvalue weighted by Crippen LogP contribution is 2.30. The number of Topliss-reactive ketones (excluding diaryl/α,β-unsaturated/α-hetero) is 1. The van der Waals surface area contributed by atoms with Gasteiger partial charge in [-0.2, -0.15) is 0 Å². The second kappa shape index (κ2) is 8.01. The molecule has 2 aromatic rings. The second-order valence-electron chi connectivity index (χ2n) is 4.90. The molecule has 0 bridgehead atoms. The maximum atomic E-state index is 12.3. The predicted octanol–water partition coefficient (Wildman–Crippen LogP) is 2.89. The molecular formula is C18H18O6. The molecule has 24 heavy (non-hydrogen) atoms. The van der Waals surface area contributed by atoms with Gasteiger partial charge in [-0.25, -0.2) is 4.79 Å². The largest absolute Gasteiger partial charge is 0.493 e. The van der Waals surface area contributed by atoms with E-state index in [1.807, 2.05) is 0 Å². The Morgan fingerprint density at radius 3 is 2.17 bits per heavy atom. The normalized spacial score (nSPS) is 9.96. The SMILES string of the molecule is COc1ccc(C(=O)Oc2ccccc2OCC(C)=O)cc1OC. The van der Waals surface area contributed by atoms with Crippen LogP contribution >= 0.6 is 0 Å². The fourth-order valence-electron chi connectivity index (χ4n) is 1.96. The van der Waals surface area contributed by atoms with E-state index in [1.165, 1.54) is 27.2 Å². The molecule has 0 amide bonds. The van der Waals surface area contributed by atoms with Crippen LogP contribution in [0, 0.1) is 0 Å². The number of carbonyl (C=O) groups excluding carboxylic acids is 2. The number of rotatable bonds is 7. The first kappa shape index (κ1) is 17.3. The molecule has 6 nitrogen and oxygen atoms in total. The van der Waals surface area contributed by atoms with Crippen molar-refractivity contribution in [2.24, 2.45) is 0 Å². The number of para-hydroxylation sites is 2. The van der Waals surface area contributed by atoms with Crippen LogP contribution in [0.25, 0.3) is 0 Å². The third-order valence-corrected chi connectivity index (χ3v) is 3.10. The van der Waals surface area contributed by atoms with Gasteiger partial charge in [0, 0.05) is 0 Å². The van der Waals surface area contributed by atoms with E-state index in [1.54, 1.807) is 36.4 Å². The fourth-order valence-corrected chi connectivity index (χ4v) is 1.96. The molecule has 0 aliphatic rings. The zero-order valence-corrected chi connectivity index (χ0v) is 13.7. The third kappa shape index (κ3) is 4.25. The van der Waals surface area contributed by atoms with Crippen molar-refractivity contribution < 1.29 is 28.5 Å². The molecule has 0 fully saturated rings. The molecule has 126 valence electrons. The van der Waals surface area contributed by atoms with Crippen LogP contribution in [0.2, 0.25) is 0 Å². The van der Waals surface area contributed by atoms with Crippen molar-refractivity contribution >= 4 is 11.8 Å². The summed E-state index contributed by atoms with van der Waals surface area (Å²) in [5, 5.41) is 0. The Balaban J connectivity index is 2.19. The van der Waals surface area contributed by atoms with Crippen LogP contribution in [0.15, 0.2) is 42.5 Å². The maximum Gasteiger partial charge on any atom is 0.343 e. The lowest BCUT2D eigenvalue weighted by Crippen LogP contribution is -2.11. The van der Waals surface area contributed by atoms with E-state index in [-0.39, 0.29) is 18.1 Å². The van der Waals surface area contributed by atoms with Gasteiger partial charge >= 0.3 is 5.97 Å². The van der Waals surface area contributed by atoms with Crippen LogP contribution in [0.4, 0.5) is 0 Å². The van der Waals surface area contributed by atoms with E-state index in [2.05, 4.69) is 0 Å². The number of hydrogen-bond acceptors (Lipinski definition) is 6. The molecule has 2 aromatic carbocycles. The fraction of sp³-hybridized carbons (Fsp3) is 0.222. The highest BCUT2D eigenvalue weighted by atomic mass is 16.6. The number of methoxy groups -OCH3 is 2. The van der Waals surface area contributed by atoms with Gasteiger partial charge in [0.2, 0.25) is 0 Å². The average molecular weight is 330 g/mol. The summed E-state index contributed by atoms with van der Waals surface area (Å²) < 4.78 is 21.0. The summed E-state index contributed by atoms with van der Waals surface area (Å²) in [7, 11) is 3.00. The molecule has 0 radical (unpaired) electrons. The van der Waals surface area contributed by atoms with E-state index < -0.39 is 5.97 Å². The molecule has 0 heterocycles. The van der Waals surface area contributed by atoms with Crippen molar-refractivity contribution in [1.82, 2.24) is 0 Å². The lowest BCUT2D eigenvalue weighted by atomic mass is 10.2. The Kier molecular flexibility index (Phi) is 5.78. The zero-order valence-electron chi connectivity index (χ0n) is 13.7. The molecule has 6 heteroatoms. The summed E-state index contributed by atoms with van der Waals surface area (Å²) in [6.45, 7) is 1.32. The van der Waals surface area contributed by atoms with Gasteiger partial charge in [0.15, 0.2) is 28.8 Å². The van der Waals surface area contributed by atoms with Crippen LogP contribution in [0.1, 0.15) is 17.3 Å². The van der Waals surface area contributed by atoms with E-state index in [4.69, 9.17) is 18.9 Å². The minimum atomic E-state index is -0.574. The Labute approximate surface area is 139 Å². The highest BCUT2D eigenvalue weighted by molar-refractivity contribution is 5.92. The first-order valence-corrected chi connectivity index (χ1v) is 7.20. The van der Waals surface area contributed by atoms with E-state index in [9.17, 15) is 9.59 Å². The summed E-state index contributed by atoms with van der Waals surface area (Å²) in [6, 6.07) is 11.4. The summed E-state index contributed by atoms with van der Waals surface area (Å²) >= 11 is 0. The van der Waals surface area contributed by atoms with Crippen LogP contribution < -0.4 is 18.9 Å². The van der Waals surface area contributed by atoms with Crippen LogP contribution in [0.3, 0.4) is 0 Å². The minimum Gasteiger partial charge on any atom is -0.493 e. The van der Waals surface area contributed by atoms with Crippen molar-refractivity contribution in [2.75, 3.05) is 20.8 Å². The number of esters is 1. The smallest absolute Gasteiger partial charge is 0.343 e. The first-order valence-electron chi connectivity index (χ1n) is 7.20. The van der Waals surface area contributed by atoms with Gasteiger partial charge in [-0.1, -0.05) is 12.1 Å². The van der Waals surface area contributed by atoms with Gasteiger partial charge < -0.3 is 18.9 Å². The van der Waals surface area contributed by atoms with E-state index >= 15 is 0 Å². The van der Waals surface area contributed by atoms with E-state index in [0.717, 1.165) is 0 Å².